The molecule has 0 aliphatic heterocycles. The highest BCUT2D eigenvalue weighted by Gasteiger charge is 2.02. The maximum atomic E-state index is 13.2. The van der Waals surface area contributed by atoms with Crippen LogP contribution in [0.3, 0.4) is 0 Å². The number of halogens is 1. The molecular formula is C10H9FN2. The minimum absolute atomic E-state index is 0.227. The van der Waals surface area contributed by atoms with Gasteiger partial charge in [-0.1, -0.05) is 24.3 Å². The van der Waals surface area contributed by atoms with E-state index in [0.717, 1.165) is 11.1 Å². The van der Waals surface area contributed by atoms with Gasteiger partial charge in [0.05, 0.1) is 5.69 Å². The van der Waals surface area contributed by atoms with Crippen LogP contribution in [0.4, 0.5) is 10.1 Å². The highest BCUT2D eigenvalue weighted by molar-refractivity contribution is 5.93. The quantitative estimate of drug-likeness (QED) is 0.516. The summed E-state index contributed by atoms with van der Waals surface area (Å²) in [6, 6.07) is 10.2. The molecule has 2 aromatic carbocycles. The molecule has 0 saturated carbocycles. The maximum Gasteiger partial charge on any atom is 0.131 e. The Hall–Kier alpha value is -1.61. The van der Waals surface area contributed by atoms with Crippen molar-refractivity contribution >= 4 is 16.5 Å². The number of anilines is 1. The van der Waals surface area contributed by atoms with Crippen molar-refractivity contribution in [1.29, 1.82) is 0 Å². The molecule has 0 saturated heterocycles. The van der Waals surface area contributed by atoms with Crippen LogP contribution in [0, 0.1) is 5.82 Å². The number of rotatable bonds is 1. The van der Waals surface area contributed by atoms with Gasteiger partial charge in [-0.2, -0.15) is 0 Å². The lowest BCUT2D eigenvalue weighted by molar-refractivity contribution is 0.640. The molecule has 0 aliphatic carbocycles. The molecule has 0 unspecified atom stereocenters. The molecule has 0 aliphatic rings. The Morgan fingerprint density at radius 1 is 1.00 bits per heavy atom. The highest BCUT2D eigenvalue weighted by Crippen LogP contribution is 2.24. The Labute approximate surface area is 75.1 Å². The summed E-state index contributed by atoms with van der Waals surface area (Å²) in [5.41, 5.74) is 3.26. The first-order valence-electron chi connectivity index (χ1n) is 3.97. The van der Waals surface area contributed by atoms with Gasteiger partial charge in [0.15, 0.2) is 0 Å². The summed E-state index contributed by atoms with van der Waals surface area (Å²) < 4.78 is 13.2. The number of hydrazine groups is 1. The molecule has 0 spiro atoms. The second-order valence-electron chi connectivity index (χ2n) is 2.78. The van der Waals surface area contributed by atoms with Gasteiger partial charge in [0.25, 0.3) is 0 Å². The lowest BCUT2D eigenvalue weighted by Gasteiger charge is -2.05. The van der Waals surface area contributed by atoms with Crippen molar-refractivity contribution in [3.05, 3.63) is 42.2 Å². The number of hydrogen-bond donors (Lipinski definition) is 2. The van der Waals surface area contributed by atoms with Crippen molar-refractivity contribution in [3.8, 4) is 0 Å². The summed E-state index contributed by atoms with van der Waals surface area (Å²) in [6.45, 7) is 0. The van der Waals surface area contributed by atoms with E-state index in [0.29, 0.717) is 5.39 Å². The number of nitrogen functional groups attached to an aromatic ring is 1. The molecule has 3 heteroatoms. The zero-order valence-electron chi connectivity index (χ0n) is 6.92. The Morgan fingerprint density at radius 3 is 2.38 bits per heavy atom. The second-order valence-corrected chi connectivity index (χ2v) is 2.78. The third-order valence-electron chi connectivity index (χ3n) is 2.03. The summed E-state index contributed by atoms with van der Waals surface area (Å²) in [5, 5.41) is 1.38. The Kier molecular flexibility index (Phi) is 1.87. The van der Waals surface area contributed by atoms with Crippen molar-refractivity contribution in [3.63, 3.8) is 0 Å². The van der Waals surface area contributed by atoms with Crippen LogP contribution in [0.5, 0.6) is 0 Å². The predicted octanol–water partition coefficient (Wildman–Crippen LogP) is 2.26. The fraction of sp³-hybridized carbons (Fsp3) is 0. The van der Waals surface area contributed by atoms with E-state index in [9.17, 15) is 4.39 Å². The number of nitrogens with two attached hydrogens (primary N) is 1. The number of nitrogens with one attached hydrogen (secondary N) is 1. The molecule has 0 fully saturated rings. The van der Waals surface area contributed by atoms with Gasteiger partial charge in [0.2, 0.25) is 0 Å². The molecule has 2 aromatic rings. The number of fused-ring (bicyclic) bond motifs is 1. The van der Waals surface area contributed by atoms with E-state index < -0.39 is 0 Å². The zero-order chi connectivity index (χ0) is 9.26. The Balaban J connectivity index is 2.84. The fourth-order valence-corrected chi connectivity index (χ4v) is 1.39. The molecule has 13 heavy (non-hydrogen) atoms. The predicted molar refractivity (Wildman–Crippen MR) is 51.7 cm³/mol. The van der Waals surface area contributed by atoms with Crippen molar-refractivity contribution in [1.82, 2.24) is 0 Å². The highest BCUT2D eigenvalue weighted by atomic mass is 19.1. The van der Waals surface area contributed by atoms with Gasteiger partial charge in [-0.25, -0.2) is 4.39 Å². The third kappa shape index (κ3) is 1.23. The third-order valence-corrected chi connectivity index (χ3v) is 2.03. The minimum atomic E-state index is -0.227. The van der Waals surface area contributed by atoms with Gasteiger partial charge in [-0.3, -0.25) is 5.84 Å². The first-order valence-corrected chi connectivity index (χ1v) is 3.97. The van der Waals surface area contributed by atoms with Gasteiger partial charge in [0.1, 0.15) is 5.82 Å². The van der Waals surface area contributed by atoms with Crippen LogP contribution in [0.1, 0.15) is 0 Å². The summed E-state index contributed by atoms with van der Waals surface area (Å²) in [7, 11) is 0. The molecule has 0 atom stereocenters. The van der Waals surface area contributed by atoms with Gasteiger partial charge in [-0.05, 0) is 12.1 Å². The zero-order valence-corrected chi connectivity index (χ0v) is 6.92. The average molecular weight is 176 g/mol. The van der Waals surface area contributed by atoms with Gasteiger partial charge < -0.3 is 5.43 Å². The monoisotopic (exact) mass is 176 g/mol. The molecule has 0 radical (unpaired) electrons. The van der Waals surface area contributed by atoms with Crippen LogP contribution in [0.25, 0.3) is 10.8 Å². The van der Waals surface area contributed by atoms with E-state index in [4.69, 9.17) is 5.84 Å². The molecule has 2 nitrogen and oxygen atoms in total. The minimum Gasteiger partial charge on any atom is -0.324 e. The summed E-state index contributed by atoms with van der Waals surface area (Å²) in [4.78, 5) is 0. The Bertz CT molecular complexity index is 440. The molecule has 0 bridgehead atoms. The number of benzene rings is 2. The molecule has 0 amide bonds. The van der Waals surface area contributed by atoms with E-state index in [-0.39, 0.29) is 5.82 Å². The summed E-state index contributed by atoms with van der Waals surface area (Å²) in [5.74, 6) is 5.07. The van der Waals surface area contributed by atoms with Crippen LogP contribution in [0.2, 0.25) is 0 Å². The van der Waals surface area contributed by atoms with E-state index in [1.165, 1.54) is 6.07 Å². The smallest absolute Gasteiger partial charge is 0.131 e. The number of hydrogen-bond acceptors (Lipinski definition) is 2. The second kappa shape index (κ2) is 3.03. The van der Waals surface area contributed by atoms with E-state index in [2.05, 4.69) is 5.43 Å². The topological polar surface area (TPSA) is 38.0 Å². The first kappa shape index (κ1) is 8.01. The van der Waals surface area contributed by atoms with Crippen LogP contribution < -0.4 is 11.3 Å². The van der Waals surface area contributed by atoms with E-state index in [1.807, 2.05) is 12.1 Å². The van der Waals surface area contributed by atoms with E-state index in [1.54, 1.807) is 18.2 Å². The van der Waals surface area contributed by atoms with Gasteiger partial charge in [0, 0.05) is 10.8 Å². The lowest BCUT2D eigenvalue weighted by atomic mass is 10.1. The molecule has 66 valence electrons. The fourth-order valence-electron chi connectivity index (χ4n) is 1.39. The largest absolute Gasteiger partial charge is 0.324 e. The molecule has 2 rings (SSSR count). The normalized spacial score (nSPS) is 10.3. The van der Waals surface area contributed by atoms with Crippen LogP contribution in [-0.2, 0) is 0 Å². The van der Waals surface area contributed by atoms with Crippen molar-refractivity contribution < 1.29 is 4.39 Å². The standard InChI is InChI=1S/C10H9FN2/c11-9-5-6-10(13-12)8-4-2-1-3-7(8)9/h1-6,13H,12H2. The molecular weight excluding hydrogens is 167 g/mol. The van der Waals surface area contributed by atoms with Crippen molar-refractivity contribution in [2.45, 2.75) is 0 Å². The SMILES string of the molecule is NNc1ccc(F)c2ccccc12. The van der Waals surface area contributed by atoms with Crippen molar-refractivity contribution in [2.75, 3.05) is 5.43 Å². The summed E-state index contributed by atoms with van der Waals surface area (Å²) in [6.07, 6.45) is 0. The summed E-state index contributed by atoms with van der Waals surface area (Å²) >= 11 is 0. The molecule has 3 N–H and O–H groups in total. The van der Waals surface area contributed by atoms with Crippen molar-refractivity contribution in [2.24, 2.45) is 5.84 Å². The van der Waals surface area contributed by atoms with Crippen LogP contribution in [-0.4, -0.2) is 0 Å². The van der Waals surface area contributed by atoms with E-state index >= 15 is 0 Å². The average Bonchev–Trinajstić information content (AvgIpc) is 2.19. The first-order chi connectivity index (χ1) is 6.33. The van der Waals surface area contributed by atoms with Crippen LogP contribution >= 0.6 is 0 Å². The van der Waals surface area contributed by atoms with Gasteiger partial charge in [-0.15, -0.1) is 0 Å². The Morgan fingerprint density at radius 2 is 1.69 bits per heavy atom. The van der Waals surface area contributed by atoms with Gasteiger partial charge >= 0.3 is 0 Å². The molecule has 0 aromatic heterocycles. The lowest BCUT2D eigenvalue weighted by Crippen LogP contribution is -2.07. The molecule has 0 heterocycles. The van der Waals surface area contributed by atoms with Crippen LogP contribution in [0.15, 0.2) is 36.4 Å². The maximum absolute atomic E-state index is 13.2.